The van der Waals surface area contributed by atoms with Crippen molar-refractivity contribution in [2.45, 2.75) is 0 Å². The van der Waals surface area contributed by atoms with E-state index in [-0.39, 0.29) is 0 Å². The van der Waals surface area contributed by atoms with Crippen molar-refractivity contribution in [2.24, 2.45) is 0 Å². The smallest absolute Gasteiger partial charge is 0.162 e. The van der Waals surface area contributed by atoms with Gasteiger partial charge in [-0.3, -0.25) is 4.57 Å². The highest BCUT2D eigenvalue weighted by Gasteiger charge is 2.22. The Bertz CT molecular complexity index is 3550. The van der Waals surface area contributed by atoms with Crippen LogP contribution in [0.5, 0.6) is 0 Å². The number of hydrogen-bond acceptors (Lipinski definition) is 2. The minimum absolute atomic E-state index is 0.663. The normalized spacial score (nSPS) is 11.5. The second-order valence-electron chi connectivity index (χ2n) is 15.8. The molecular formula is C58H38N4. The number of nitrogens with zero attached hydrogens (tertiary/aromatic N) is 4. The summed E-state index contributed by atoms with van der Waals surface area (Å²) in [4.78, 5) is 10.8. The van der Waals surface area contributed by atoms with Gasteiger partial charge < -0.3 is 4.57 Å². The fourth-order valence-corrected chi connectivity index (χ4v) is 9.26. The van der Waals surface area contributed by atoms with E-state index in [4.69, 9.17) is 9.97 Å². The zero-order valence-electron chi connectivity index (χ0n) is 33.7. The third kappa shape index (κ3) is 6.00. The van der Waals surface area contributed by atoms with Crippen molar-refractivity contribution in [1.82, 2.24) is 19.1 Å². The van der Waals surface area contributed by atoms with Gasteiger partial charge in [0.2, 0.25) is 0 Å². The van der Waals surface area contributed by atoms with Gasteiger partial charge in [-0.15, -0.1) is 0 Å². The minimum atomic E-state index is 0.663. The molecule has 0 radical (unpaired) electrons. The van der Waals surface area contributed by atoms with Crippen molar-refractivity contribution < 1.29 is 0 Å². The summed E-state index contributed by atoms with van der Waals surface area (Å²) in [6.07, 6.45) is 0. The molecule has 4 heteroatoms. The summed E-state index contributed by atoms with van der Waals surface area (Å²) in [6, 6.07) is 82.1. The molecule has 0 N–H and O–H groups in total. The Morgan fingerprint density at radius 3 is 1.45 bits per heavy atom. The first-order valence-corrected chi connectivity index (χ1v) is 21.1. The molecule has 0 atom stereocenters. The third-order valence-electron chi connectivity index (χ3n) is 12.1. The molecule has 0 saturated carbocycles. The monoisotopic (exact) mass is 790 g/mol. The third-order valence-corrected chi connectivity index (χ3v) is 12.1. The molecule has 12 rings (SSSR count). The van der Waals surface area contributed by atoms with E-state index in [1.165, 1.54) is 54.8 Å². The van der Waals surface area contributed by atoms with Crippen molar-refractivity contribution in [3.63, 3.8) is 0 Å². The lowest BCUT2D eigenvalue weighted by atomic mass is 9.93. The Morgan fingerprint density at radius 1 is 0.290 bits per heavy atom. The van der Waals surface area contributed by atoms with Crippen molar-refractivity contribution in [1.29, 1.82) is 0 Å². The molecule has 0 aliphatic carbocycles. The summed E-state index contributed by atoms with van der Waals surface area (Å²) in [6.45, 7) is 0. The van der Waals surface area contributed by atoms with E-state index in [1.54, 1.807) is 0 Å². The maximum absolute atomic E-state index is 5.49. The Balaban J connectivity index is 1.09. The van der Waals surface area contributed by atoms with Gasteiger partial charge in [0, 0.05) is 44.4 Å². The summed E-state index contributed by atoms with van der Waals surface area (Å²) >= 11 is 0. The van der Waals surface area contributed by atoms with Crippen molar-refractivity contribution in [2.75, 3.05) is 0 Å². The quantitative estimate of drug-likeness (QED) is 0.161. The van der Waals surface area contributed by atoms with Gasteiger partial charge in [-0.2, -0.15) is 0 Å². The molecule has 4 nitrogen and oxygen atoms in total. The Morgan fingerprint density at radius 2 is 0.790 bits per heavy atom. The van der Waals surface area contributed by atoms with Crippen molar-refractivity contribution in [3.05, 3.63) is 231 Å². The SMILES string of the molecule is c1ccc(-c2cc(-c3ccccc3)cc(-c3cccc(-c4nc(-c5ccccc5)cc(-n5c6ccccc6c6c5ccc5c7ccccc7n(-c7ccccc7)c56)n4)c3)c2)cc1. The maximum atomic E-state index is 5.49. The molecule has 3 aromatic heterocycles. The molecule has 0 saturated heterocycles. The first-order chi connectivity index (χ1) is 30.7. The summed E-state index contributed by atoms with van der Waals surface area (Å²) in [5.74, 6) is 1.47. The van der Waals surface area contributed by atoms with E-state index < -0.39 is 0 Å². The second-order valence-corrected chi connectivity index (χ2v) is 15.8. The molecule has 3 heterocycles. The zero-order chi connectivity index (χ0) is 41.0. The standard InChI is InChI=1S/C58H38N4/c1-5-18-39(19-6-1)44-35-45(40-20-7-2-8-21-40)37-46(36-44)42-24-17-25-43(34-42)58-59-51(41-22-9-3-10-23-41)38-55(60-58)62-53-31-16-14-29-50(53)56-54(62)33-32-49-48-28-13-15-30-52(48)61(57(49)56)47-26-11-4-12-27-47/h1-38H. The molecule has 0 fully saturated rings. The van der Waals surface area contributed by atoms with Crippen LogP contribution in [0, 0.1) is 0 Å². The molecule has 0 spiro atoms. The molecular weight excluding hydrogens is 753 g/mol. The summed E-state index contributed by atoms with van der Waals surface area (Å²) in [7, 11) is 0. The van der Waals surface area contributed by atoms with Gasteiger partial charge in [0.25, 0.3) is 0 Å². The van der Waals surface area contributed by atoms with E-state index in [9.17, 15) is 0 Å². The molecule has 290 valence electrons. The lowest BCUT2D eigenvalue weighted by Gasteiger charge is -2.14. The topological polar surface area (TPSA) is 35.6 Å². The number of benzene rings is 9. The predicted octanol–water partition coefficient (Wildman–Crippen LogP) is 15.0. The Hall–Kier alpha value is -8.34. The predicted molar refractivity (Wildman–Crippen MR) is 258 cm³/mol. The highest BCUT2D eigenvalue weighted by Crippen LogP contribution is 2.42. The number of hydrogen-bond donors (Lipinski definition) is 0. The van der Waals surface area contributed by atoms with Crippen LogP contribution in [0.4, 0.5) is 0 Å². The molecule has 0 bridgehead atoms. The number of fused-ring (bicyclic) bond motifs is 7. The number of rotatable bonds is 7. The largest absolute Gasteiger partial charge is 0.309 e. The summed E-state index contributed by atoms with van der Waals surface area (Å²) in [5, 5.41) is 4.81. The Kier molecular flexibility index (Phi) is 8.46. The van der Waals surface area contributed by atoms with Crippen LogP contribution in [0.15, 0.2) is 231 Å². The van der Waals surface area contributed by atoms with Gasteiger partial charge in [-0.1, -0.05) is 170 Å². The minimum Gasteiger partial charge on any atom is -0.309 e. The first-order valence-electron chi connectivity index (χ1n) is 21.1. The zero-order valence-corrected chi connectivity index (χ0v) is 33.7. The molecule has 0 aliphatic rings. The molecule has 12 aromatic rings. The van der Waals surface area contributed by atoms with Crippen LogP contribution in [0.25, 0.3) is 111 Å². The maximum Gasteiger partial charge on any atom is 0.162 e. The van der Waals surface area contributed by atoms with Crippen LogP contribution < -0.4 is 0 Å². The second kappa shape index (κ2) is 14.7. The van der Waals surface area contributed by atoms with Gasteiger partial charge >= 0.3 is 0 Å². The van der Waals surface area contributed by atoms with E-state index in [0.717, 1.165) is 50.5 Å². The van der Waals surface area contributed by atoms with Gasteiger partial charge in [0.1, 0.15) is 5.82 Å². The van der Waals surface area contributed by atoms with Crippen LogP contribution in [0.1, 0.15) is 0 Å². The van der Waals surface area contributed by atoms with Gasteiger partial charge in [0.15, 0.2) is 5.82 Å². The Labute approximate surface area is 359 Å². The average Bonchev–Trinajstić information content (AvgIpc) is 3.88. The first kappa shape index (κ1) is 35.6. The van der Waals surface area contributed by atoms with E-state index in [0.29, 0.717) is 5.82 Å². The van der Waals surface area contributed by atoms with E-state index >= 15 is 0 Å². The van der Waals surface area contributed by atoms with Crippen LogP contribution in [-0.2, 0) is 0 Å². The molecule has 0 unspecified atom stereocenters. The fourth-order valence-electron chi connectivity index (χ4n) is 9.26. The highest BCUT2D eigenvalue weighted by atomic mass is 15.1. The van der Waals surface area contributed by atoms with Gasteiger partial charge in [0.05, 0.1) is 27.8 Å². The van der Waals surface area contributed by atoms with E-state index in [2.05, 4.69) is 234 Å². The van der Waals surface area contributed by atoms with Crippen LogP contribution >= 0.6 is 0 Å². The lowest BCUT2D eigenvalue weighted by Crippen LogP contribution is -2.02. The summed E-state index contributed by atoms with van der Waals surface area (Å²) < 4.78 is 4.75. The number of aromatic nitrogens is 4. The summed E-state index contributed by atoms with van der Waals surface area (Å²) in [5.41, 5.74) is 15.4. The van der Waals surface area contributed by atoms with Gasteiger partial charge in [-0.05, 0) is 88.0 Å². The van der Waals surface area contributed by atoms with Crippen molar-refractivity contribution >= 4 is 43.6 Å². The average molecular weight is 791 g/mol. The molecule has 0 amide bonds. The lowest BCUT2D eigenvalue weighted by molar-refractivity contribution is 1.05. The highest BCUT2D eigenvalue weighted by molar-refractivity contribution is 6.26. The molecule has 0 aliphatic heterocycles. The molecule has 9 aromatic carbocycles. The van der Waals surface area contributed by atoms with E-state index in [1.807, 2.05) is 6.07 Å². The fraction of sp³-hybridized carbons (Fsp3) is 0. The number of para-hydroxylation sites is 3. The van der Waals surface area contributed by atoms with Crippen LogP contribution in [0.3, 0.4) is 0 Å². The van der Waals surface area contributed by atoms with Crippen LogP contribution in [-0.4, -0.2) is 19.1 Å². The van der Waals surface area contributed by atoms with Crippen molar-refractivity contribution in [3.8, 4) is 67.5 Å². The van der Waals surface area contributed by atoms with Crippen LogP contribution in [0.2, 0.25) is 0 Å². The molecule has 62 heavy (non-hydrogen) atoms. The van der Waals surface area contributed by atoms with Gasteiger partial charge in [-0.25, -0.2) is 9.97 Å².